The van der Waals surface area contributed by atoms with Gasteiger partial charge in [-0.15, -0.1) is 0 Å². The van der Waals surface area contributed by atoms with E-state index in [0.29, 0.717) is 19.0 Å². The molecule has 30 heavy (non-hydrogen) atoms. The fourth-order valence-electron chi connectivity index (χ4n) is 4.13. The van der Waals surface area contributed by atoms with Crippen LogP contribution in [0.15, 0.2) is 46.9 Å². The van der Waals surface area contributed by atoms with Gasteiger partial charge in [0.25, 0.3) is 5.91 Å². The molecule has 158 valence electrons. The molecule has 2 aromatic carbocycles. The van der Waals surface area contributed by atoms with Gasteiger partial charge >= 0.3 is 0 Å². The van der Waals surface area contributed by atoms with E-state index in [2.05, 4.69) is 31.0 Å². The van der Waals surface area contributed by atoms with Gasteiger partial charge in [0, 0.05) is 19.0 Å². The van der Waals surface area contributed by atoms with E-state index in [-0.39, 0.29) is 11.8 Å². The van der Waals surface area contributed by atoms with E-state index in [0.717, 1.165) is 46.7 Å². The molecule has 1 atom stereocenters. The van der Waals surface area contributed by atoms with Crippen molar-refractivity contribution in [1.82, 2.24) is 9.88 Å². The first kappa shape index (κ1) is 20.5. The SMILES string of the molecule is Cc1ccc(C(C)C)c(O[C@H](C)C(=O)N2CCC(c3nc4ccccc4o3)CC2)c1. The zero-order valence-corrected chi connectivity index (χ0v) is 18.2. The number of ether oxygens (including phenoxy) is 1. The maximum Gasteiger partial charge on any atom is 0.263 e. The average molecular weight is 407 g/mol. The summed E-state index contributed by atoms with van der Waals surface area (Å²) in [6.45, 7) is 9.56. The number of hydrogen-bond donors (Lipinski definition) is 0. The number of hydrogen-bond acceptors (Lipinski definition) is 4. The number of piperidine rings is 1. The Kier molecular flexibility index (Phi) is 5.80. The molecule has 0 bridgehead atoms. The number of amides is 1. The van der Waals surface area contributed by atoms with Crippen molar-refractivity contribution in [2.75, 3.05) is 13.1 Å². The van der Waals surface area contributed by atoms with Crippen LogP contribution >= 0.6 is 0 Å². The van der Waals surface area contributed by atoms with E-state index in [4.69, 9.17) is 9.15 Å². The number of carbonyl (C=O) groups is 1. The van der Waals surface area contributed by atoms with Crippen LogP contribution in [0.25, 0.3) is 11.1 Å². The third-order valence-corrected chi connectivity index (χ3v) is 5.91. The highest BCUT2D eigenvalue weighted by Crippen LogP contribution is 2.31. The van der Waals surface area contributed by atoms with Crippen LogP contribution in [0.5, 0.6) is 5.75 Å². The molecule has 0 aliphatic carbocycles. The second-order valence-electron chi connectivity index (χ2n) is 8.58. The van der Waals surface area contributed by atoms with Crippen LogP contribution in [0.4, 0.5) is 0 Å². The summed E-state index contributed by atoms with van der Waals surface area (Å²) in [6, 6.07) is 14.1. The Morgan fingerprint density at radius 2 is 1.87 bits per heavy atom. The molecule has 5 heteroatoms. The third-order valence-electron chi connectivity index (χ3n) is 5.91. The van der Waals surface area contributed by atoms with Crippen molar-refractivity contribution in [3.63, 3.8) is 0 Å². The molecule has 2 heterocycles. The molecule has 1 aromatic heterocycles. The molecule has 0 spiro atoms. The Hall–Kier alpha value is -2.82. The van der Waals surface area contributed by atoms with Crippen molar-refractivity contribution in [1.29, 1.82) is 0 Å². The van der Waals surface area contributed by atoms with E-state index in [1.54, 1.807) is 0 Å². The number of aromatic nitrogens is 1. The van der Waals surface area contributed by atoms with Gasteiger partial charge in [-0.05, 0) is 61.9 Å². The molecule has 0 N–H and O–H groups in total. The molecular weight excluding hydrogens is 376 g/mol. The number of carbonyl (C=O) groups excluding carboxylic acids is 1. The summed E-state index contributed by atoms with van der Waals surface area (Å²) < 4.78 is 12.1. The lowest BCUT2D eigenvalue weighted by Crippen LogP contribution is -2.44. The summed E-state index contributed by atoms with van der Waals surface area (Å²) in [5, 5.41) is 0. The topological polar surface area (TPSA) is 55.6 Å². The maximum atomic E-state index is 13.0. The number of nitrogens with zero attached hydrogens (tertiary/aromatic N) is 2. The van der Waals surface area contributed by atoms with Crippen molar-refractivity contribution in [2.24, 2.45) is 0 Å². The highest BCUT2D eigenvalue weighted by atomic mass is 16.5. The predicted octanol–water partition coefficient (Wildman–Crippen LogP) is 5.43. The lowest BCUT2D eigenvalue weighted by atomic mass is 9.96. The summed E-state index contributed by atoms with van der Waals surface area (Å²) in [4.78, 5) is 19.6. The van der Waals surface area contributed by atoms with Gasteiger partial charge in [0.05, 0.1) is 0 Å². The Morgan fingerprint density at radius 3 is 2.57 bits per heavy atom. The first-order valence-corrected chi connectivity index (χ1v) is 10.8. The fraction of sp³-hybridized carbons (Fsp3) is 0.440. The van der Waals surface area contributed by atoms with Crippen LogP contribution in [0.1, 0.15) is 62.5 Å². The molecule has 1 aliphatic rings. The van der Waals surface area contributed by atoms with Gasteiger partial charge in [0.1, 0.15) is 11.3 Å². The number of para-hydroxylation sites is 2. The zero-order valence-electron chi connectivity index (χ0n) is 18.2. The van der Waals surface area contributed by atoms with Gasteiger partial charge < -0.3 is 14.1 Å². The minimum atomic E-state index is -0.509. The normalized spacial score (nSPS) is 16.2. The molecule has 5 nitrogen and oxygen atoms in total. The standard InChI is InChI=1S/C25H30N2O3/c1-16(2)20-10-9-17(3)15-23(20)29-18(4)25(28)27-13-11-19(12-14-27)24-26-21-7-5-6-8-22(21)30-24/h5-10,15-16,18-19H,11-14H2,1-4H3/t18-/m1/s1. The summed E-state index contributed by atoms with van der Waals surface area (Å²) in [5.74, 6) is 2.24. The Bertz CT molecular complexity index is 999. The van der Waals surface area contributed by atoms with Gasteiger partial charge in [0.15, 0.2) is 17.6 Å². The first-order chi connectivity index (χ1) is 14.4. The number of rotatable bonds is 5. The molecule has 0 unspecified atom stereocenters. The van der Waals surface area contributed by atoms with E-state index < -0.39 is 6.10 Å². The molecule has 4 rings (SSSR count). The lowest BCUT2D eigenvalue weighted by molar-refractivity contribution is -0.139. The van der Waals surface area contributed by atoms with E-state index >= 15 is 0 Å². The highest BCUT2D eigenvalue weighted by Gasteiger charge is 2.30. The molecule has 0 radical (unpaired) electrons. The second-order valence-corrected chi connectivity index (χ2v) is 8.58. The van der Waals surface area contributed by atoms with Crippen molar-refractivity contribution < 1.29 is 13.9 Å². The summed E-state index contributed by atoms with van der Waals surface area (Å²) in [5.41, 5.74) is 3.99. The molecule has 1 aliphatic heterocycles. The van der Waals surface area contributed by atoms with Crippen LogP contribution in [-0.4, -0.2) is 35.0 Å². The van der Waals surface area contributed by atoms with Crippen molar-refractivity contribution >= 4 is 17.0 Å². The van der Waals surface area contributed by atoms with Crippen molar-refractivity contribution in [2.45, 2.75) is 58.5 Å². The highest BCUT2D eigenvalue weighted by molar-refractivity contribution is 5.81. The van der Waals surface area contributed by atoms with Crippen molar-refractivity contribution in [3.8, 4) is 5.75 Å². The van der Waals surface area contributed by atoms with Crippen LogP contribution in [0.2, 0.25) is 0 Å². The Morgan fingerprint density at radius 1 is 1.13 bits per heavy atom. The number of likely N-dealkylation sites (tertiary alicyclic amines) is 1. The maximum absolute atomic E-state index is 13.0. The van der Waals surface area contributed by atoms with Gasteiger partial charge in [-0.3, -0.25) is 4.79 Å². The number of benzene rings is 2. The fourth-order valence-corrected chi connectivity index (χ4v) is 4.13. The van der Waals surface area contributed by atoms with Gasteiger partial charge in [-0.25, -0.2) is 4.98 Å². The molecule has 3 aromatic rings. The lowest BCUT2D eigenvalue weighted by Gasteiger charge is -2.32. The van der Waals surface area contributed by atoms with E-state index in [9.17, 15) is 4.79 Å². The van der Waals surface area contributed by atoms with Crippen LogP contribution in [-0.2, 0) is 4.79 Å². The first-order valence-electron chi connectivity index (χ1n) is 10.8. The number of fused-ring (bicyclic) bond motifs is 1. The summed E-state index contributed by atoms with van der Waals surface area (Å²) >= 11 is 0. The van der Waals surface area contributed by atoms with Crippen LogP contribution < -0.4 is 4.74 Å². The minimum Gasteiger partial charge on any atom is -0.481 e. The minimum absolute atomic E-state index is 0.0437. The molecular formula is C25H30N2O3. The number of oxazole rings is 1. The predicted molar refractivity (Wildman–Crippen MR) is 118 cm³/mol. The van der Waals surface area contributed by atoms with Crippen LogP contribution in [0, 0.1) is 6.92 Å². The summed E-state index contributed by atoms with van der Waals surface area (Å²) in [7, 11) is 0. The smallest absolute Gasteiger partial charge is 0.263 e. The zero-order chi connectivity index (χ0) is 21.3. The van der Waals surface area contributed by atoms with Gasteiger partial charge in [-0.2, -0.15) is 0 Å². The molecule has 0 saturated carbocycles. The molecule has 1 fully saturated rings. The third kappa shape index (κ3) is 4.20. The summed E-state index contributed by atoms with van der Waals surface area (Å²) in [6.07, 6.45) is 1.20. The second kappa shape index (κ2) is 8.50. The van der Waals surface area contributed by atoms with E-state index in [1.165, 1.54) is 0 Å². The largest absolute Gasteiger partial charge is 0.481 e. The number of aryl methyl sites for hydroxylation is 1. The quantitative estimate of drug-likeness (QED) is 0.567. The van der Waals surface area contributed by atoms with Crippen molar-refractivity contribution in [3.05, 3.63) is 59.5 Å². The molecule has 1 amide bonds. The molecule has 1 saturated heterocycles. The monoisotopic (exact) mass is 406 g/mol. The Balaban J connectivity index is 1.39. The van der Waals surface area contributed by atoms with E-state index in [1.807, 2.05) is 49.1 Å². The van der Waals surface area contributed by atoms with Gasteiger partial charge in [0.2, 0.25) is 0 Å². The average Bonchev–Trinajstić information content (AvgIpc) is 3.17. The van der Waals surface area contributed by atoms with Gasteiger partial charge in [-0.1, -0.05) is 38.1 Å². The Labute approximate surface area is 178 Å². The van der Waals surface area contributed by atoms with Crippen LogP contribution in [0.3, 0.4) is 0 Å².